The fourth-order valence-electron chi connectivity index (χ4n) is 3.85. The van der Waals surface area contributed by atoms with Crippen LogP contribution in [-0.4, -0.2) is 32.3 Å². The summed E-state index contributed by atoms with van der Waals surface area (Å²) in [5, 5.41) is 6.23. The van der Waals surface area contributed by atoms with Crippen LogP contribution in [0.3, 0.4) is 0 Å². The lowest BCUT2D eigenvalue weighted by Crippen LogP contribution is -2.50. The fraction of sp³-hybridized carbons (Fsp3) is 0.304. The van der Waals surface area contributed by atoms with Gasteiger partial charge in [0, 0.05) is 24.8 Å². The largest absolute Gasteiger partial charge is 0.377 e. The number of rotatable bonds is 5. The molecule has 1 N–H and O–H groups in total. The highest BCUT2D eigenvalue weighted by Crippen LogP contribution is 2.25. The van der Waals surface area contributed by atoms with Crippen LogP contribution in [0.5, 0.6) is 0 Å². The number of ether oxygens (including phenoxy) is 1. The molecule has 1 aliphatic rings. The third-order valence-electron chi connectivity index (χ3n) is 5.34. The second-order valence-electron chi connectivity index (χ2n) is 7.10. The van der Waals surface area contributed by atoms with Gasteiger partial charge in [0.1, 0.15) is 5.82 Å². The monoisotopic (exact) mass is 364 g/mol. The zero-order valence-electron chi connectivity index (χ0n) is 15.6. The molecular formula is C23H25FN2O. The molecule has 0 bridgehead atoms. The minimum Gasteiger partial charge on any atom is -0.377 e. The molecule has 3 aromatic rings. The number of halogens is 1. The molecule has 27 heavy (non-hydrogen) atoms. The van der Waals surface area contributed by atoms with E-state index in [1.807, 2.05) is 12.1 Å². The number of nitrogens with zero attached hydrogens (tertiary/aromatic N) is 1. The van der Waals surface area contributed by atoms with E-state index in [2.05, 4.69) is 59.6 Å². The summed E-state index contributed by atoms with van der Waals surface area (Å²) in [7, 11) is 0. The maximum absolute atomic E-state index is 13.3. The number of fused-ring (bicyclic) bond motifs is 1. The summed E-state index contributed by atoms with van der Waals surface area (Å²) in [6.45, 7) is 5.20. The van der Waals surface area contributed by atoms with Crippen molar-refractivity contribution in [3.05, 3.63) is 78.1 Å². The molecule has 140 valence electrons. The van der Waals surface area contributed by atoms with Crippen LogP contribution < -0.4 is 10.2 Å². The number of hydrogen-bond acceptors (Lipinski definition) is 3. The first-order chi connectivity index (χ1) is 13.2. The molecule has 2 atom stereocenters. The maximum Gasteiger partial charge on any atom is 0.123 e. The lowest BCUT2D eigenvalue weighted by molar-refractivity contribution is 0.0930. The third kappa shape index (κ3) is 3.97. The molecule has 1 aliphatic heterocycles. The van der Waals surface area contributed by atoms with Crippen LogP contribution in [0.1, 0.15) is 18.5 Å². The van der Waals surface area contributed by atoms with E-state index in [1.165, 1.54) is 28.5 Å². The molecular weight excluding hydrogens is 339 g/mol. The van der Waals surface area contributed by atoms with Crippen molar-refractivity contribution in [3.63, 3.8) is 0 Å². The van der Waals surface area contributed by atoms with E-state index in [-0.39, 0.29) is 17.9 Å². The van der Waals surface area contributed by atoms with Crippen LogP contribution in [0.4, 0.5) is 10.1 Å². The molecule has 0 radical (unpaired) electrons. The van der Waals surface area contributed by atoms with Gasteiger partial charge in [-0.05, 0) is 47.5 Å². The summed E-state index contributed by atoms with van der Waals surface area (Å²) < 4.78 is 19.0. The topological polar surface area (TPSA) is 24.5 Å². The molecule has 0 aliphatic carbocycles. The second-order valence-corrected chi connectivity index (χ2v) is 7.10. The highest BCUT2D eigenvalue weighted by molar-refractivity contribution is 5.86. The van der Waals surface area contributed by atoms with Gasteiger partial charge in [0.15, 0.2) is 0 Å². The van der Waals surface area contributed by atoms with Gasteiger partial charge < -0.3 is 15.0 Å². The number of nitrogens with one attached hydrogen (secondary N) is 1. The Morgan fingerprint density at radius 2 is 1.85 bits per heavy atom. The summed E-state index contributed by atoms with van der Waals surface area (Å²) in [4.78, 5) is 2.31. The van der Waals surface area contributed by atoms with E-state index < -0.39 is 0 Å². The first kappa shape index (κ1) is 18.0. The Morgan fingerprint density at radius 3 is 2.70 bits per heavy atom. The summed E-state index contributed by atoms with van der Waals surface area (Å²) in [6.07, 6.45) is 0. The zero-order valence-corrected chi connectivity index (χ0v) is 15.6. The minimum atomic E-state index is -0.203. The molecule has 3 nitrogen and oxygen atoms in total. The van der Waals surface area contributed by atoms with Gasteiger partial charge in [-0.2, -0.15) is 0 Å². The van der Waals surface area contributed by atoms with Crippen LogP contribution in [-0.2, 0) is 4.74 Å². The average Bonchev–Trinajstić information content (AvgIpc) is 2.72. The molecule has 2 unspecified atom stereocenters. The Labute approximate surface area is 159 Å². The van der Waals surface area contributed by atoms with Crippen LogP contribution in [0.15, 0.2) is 66.7 Å². The number of anilines is 1. The Bertz CT molecular complexity index is 891. The van der Waals surface area contributed by atoms with E-state index in [0.29, 0.717) is 13.2 Å². The first-order valence-electron chi connectivity index (χ1n) is 9.53. The molecule has 0 saturated carbocycles. The van der Waals surface area contributed by atoms with Crippen molar-refractivity contribution in [2.24, 2.45) is 0 Å². The number of hydrogen-bond donors (Lipinski definition) is 1. The van der Waals surface area contributed by atoms with E-state index in [0.717, 1.165) is 18.8 Å². The Morgan fingerprint density at radius 1 is 1.07 bits per heavy atom. The second kappa shape index (κ2) is 8.07. The quantitative estimate of drug-likeness (QED) is 0.720. The fourth-order valence-corrected chi connectivity index (χ4v) is 3.85. The Kier molecular flexibility index (Phi) is 5.37. The van der Waals surface area contributed by atoms with Gasteiger partial charge in [-0.25, -0.2) is 4.39 Å². The van der Waals surface area contributed by atoms with Gasteiger partial charge in [-0.3, -0.25) is 0 Å². The molecule has 0 aromatic heterocycles. The Hall–Kier alpha value is -2.43. The molecule has 1 saturated heterocycles. The van der Waals surface area contributed by atoms with Gasteiger partial charge in [-0.15, -0.1) is 0 Å². The van der Waals surface area contributed by atoms with Crippen molar-refractivity contribution in [2.75, 3.05) is 31.2 Å². The molecule has 4 rings (SSSR count). The van der Waals surface area contributed by atoms with Gasteiger partial charge >= 0.3 is 0 Å². The van der Waals surface area contributed by atoms with E-state index >= 15 is 0 Å². The Balaban J connectivity index is 1.48. The number of benzene rings is 3. The van der Waals surface area contributed by atoms with Crippen LogP contribution in [0.2, 0.25) is 0 Å². The van der Waals surface area contributed by atoms with Gasteiger partial charge in [-0.1, -0.05) is 42.5 Å². The predicted molar refractivity (Wildman–Crippen MR) is 109 cm³/mol. The third-order valence-corrected chi connectivity index (χ3v) is 5.34. The van der Waals surface area contributed by atoms with Crippen molar-refractivity contribution >= 4 is 16.5 Å². The molecule has 0 spiro atoms. The van der Waals surface area contributed by atoms with Crippen LogP contribution in [0, 0.1) is 5.82 Å². The SMILES string of the molecule is CC(NCC1COCCN1c1ccc(F)cc1)c1cccc2ccccc12. The summed E-state index contributed by atoms with van der Waals surface area (Å²) in [5.74, 6) is -0.203. The summed E-state index contributed by atoms with van der Waals surface area (Å²) >= 11 is 0. The summed E-state index contributed by atoms with van der Waals surface area (Å²) in [5.41, 5.74) is 2.35. The standard InChI is InChI=1S/C23H25FN2O/c1-17(22-8-4-6-18-5-2-3-7-23(18)22)25-15-21-16-27-14-13-26(21)20-11-9-19(24)10-12-20/h2-12,17,21,25H,13-16H2,1H3. The van der Waals surface area contributed by atoms with E-state index in [1.54, 1.807) is 0 Å². The zero-order chi connectivity index (χ0) is 18.6. The van der Waals surface area contributed by atoms with Crippen molar-refractivity contribution in [1.29, 1.82) is 0 Å². The van der Waals surface area contributed by atoms with Crippen LogP contribution >= 0.6 is 0 Å². The summed E-state index contributed by atoms with van der Waals surface area (Å²) in [6, 6.07) is 22.1. The lowest BCUT2D eigenvalue weighted by Gasteiger charge is -2.38. The normalized spacial score (nSPS) is 18.6. The molecule has 1 heterocycles. The minimum absolute atomic E-state index is 0.203. The smallest absolute Gasteiger partial charge is 0.123 e. The van der Waals surface area contributed by atoms with Crippen molar-refractivity contribution < 1.29 is 9.13 Å². The molecule has 4 heteroatoms. The lowest BCUT2D eigenvalue weighted by atomic mass is 9.99. The van der Waals surface area contributed by atoms with Gasteiger partial charge in [0.25, 0.3) is 0 Å². The van der Waals surface area contributed by atoms with E-state index in [9.17, 15) is 4.39 Å². The molecule has 3 aromatic carbocycles. The molecule has 0 amide bonds. The predicted octanol–water partition coefficient (Wildman–Crippen LogP) is 4.53. The highest BCUT2D eigenvalue weighted by atomic mass is 19.1. The average molecular weight is 364 g/mol. The van der Waals surface area contributed by atoms with E-state index in [4.69, 9.17) is 4.74 Å². The number of morpholine rings is 1. The van der Waals surface area contributed by atoms with Crippen molar-refractivity contribution in [3.8, 4) is 0 Å². The van der Waals surface area contributed by atoms with Crippen LogP contribution in [0.25, 0.3) is 10.8 Å². The van der Waals surface area contributed by atoms with Gasteiger partial charge in [0.2, 0.25) is 0 Å². The first-order valence-corrected chi connectivity index (χ1v) is 9.53. The van der Waals surface area contributed by atoms with Crippen molar-refractivity contribution in [1.82, 2.24) is 5.32 Å². The highest BCUT2D eigenvalue weighted by Gasteiger charge is 2.24. The van der Waals surface area contributed by atoms with Gasteiger partial charge in [0.05, 0.1) is 19.3 Å². The molecule has 1 fully saturated rings. The van der Waals surface area contributed by atoms with Crippen molar-refractivity contribution in [2.45, 2.75) is 19.0 Å². The maximum atomic E-state index is 13.3.